The van der Waals surface area contributed by atoms with E-state index < -0.39 is 29.4 Å². The normalized spacial score (nSPS) is 22.8. The summed E-state index contributed by atoms with van der Waals surface area (Å²) in [6, 6.07) is 18.9. The number of amides is 3. The molecule has 0 aromatic heterocycles. The molecule has 8 nitrogen and oxygen atoms in total. The van der Waals surface area contributed by atoms with E-state index in [0.29, 0.717) is 19.3 Å². The number of benzene rings is 2. The van der Waals surface area contributed by atoms with E-state index in [2.05, 4.69) is 0 Å². The van der Waals surface area contributed by atoms with E-state index in [1.165, 1.54) is 11.0 Å². The van der Waals surface area contributed by atoms with Crippen LogP contribution in [-0.2, 0) is 31.8 Å². The maximum atomic E-state index is 13.3. The summed E-state index contributed by atoms with van der Waals surface area (Å²) in [5.41, 5.74) is 0.514. The second kappa shape index (κ2) is 11.6. The lowest BCUT2D eigenvalue weighted by Crippen LogP contribution is -2.51. The number of imide groups is 1. The first-order chi connectivity index (χ1) is 18.4. The molecule has 4 rings (SSSR count). The molecule has 0 radical (unpaired) electrons. The predicted molar refractivity (Wildman–Crippen MR) is 147 cm³/mol. The molecule has 0 bridgehead atoms. The average Bonchev–Trinajstić information content (AvgIpc) is 3.34. The Balaban J connectivity index is 1.49. The lowest BCUT2D eigenvalue weighted by atomic mass is 9.98. The summed E-state index contributed by atoms with van der Waals surface area (Å²) in [4.78, 5) is 41.6. The second-order valence-electron chi connectivity index (χ2n) is 11.5. The van der Waals surface area contributed by atoms with Crippen LogP contribution in [-0.4, -0.2) is 64.0 Å². The molecule has 2 aromatic carbocycles. The van der Waals surface area contributed by atoms with Crippen molar-refractivity contribution in [1.29, 1.82) is 0 Å². The molecule has 8 heteroatoms. The van der Waals surface area contributed by atoms with Crippen LogP contribution in [0.2, 0.25) is 0 Å². The van der Waals surface area contributed by atoms with Gasteiger partial charge >= 0.3 is 12.2 Å². The van der Waals surface area contributed by atoms with Crippen LogP contribution in [0.5, 0.6) is 0 Å². The van der Waals surface area contributed by atoms with E-state index in [-0.39, 0.29) is 24.8 Å². The van der Waals surface area contributed by atoms with E-state index >= 15 is 0 Å². The molecular formula is C31H38N2O6. The first-order valence-corrected chi connectivity index (χ1v) is 13.4. The van der Waals surface area contributed by atoms with Gasteiger partial charge in [0.1, 0.15) is 17.9 Å². The van der Waals surface area contributed by atoms with Crippen LogP contribution in [0.1, 0.15) is 52.2 Å². The van der Waals surface area contributed by atoms with Crippen LogP contribution in [0.3, 0.4) is 0 Å². The minimum absolute atomic E-state index is 0.164. The molecule has 2 aliphatic heterocycles. The van der Waals surface area contributed by atoms with Gasteiger partial charge in [0.05, 0.1) is 18.2 Å². The van der Waals surface area contributed by atoms with Crippen molar-refractivity contribution in [2.75, 3.05) is 6.61 Å². The van der Waals surface area contributed by atoms with E-state index in [1.54, 1.807) is 11.0 Å². The molecule has 208 valence electrons. The first-order valence-electron chi connectivity index (χ1n) is 13.4. The largest absolute Gasteiger partial charge is 0.447 e. The Morgan fingerprint density at radius 3 is 2.18 bits per heavy atom. The first kappa shape index (κ1) is 28.4. The van der Waals surface area contributed by atoms with E-state index in [0.717, 1.165) is 11.1 Å². The number of ether oxygens (including phenoxy) is 3. The fourth-order valence-electron chi connectivity index (χ4n) is 5.17. The fraction of sp³-hybridized carbons (Fsp3) is 0.452. The molecule has 0 spiro atoms. The second-order valence-corrected chi connectivity index (χ2v) is 11.5. The molecule has 0 aliphatic carbocycles. The van der Waals surface area contributed by atoms with Crippen LogP contribution in [0.4, 0.5) is 9.59 Å². The number of rotatable bonds is 7. The molecule has 2 heterocycles. The highest BCUT2D eigenvalue weighted by atomic mass is 16.6. The van der Waals surface area contributed by atoms with Crippen LogP contribution < -0.4 is 0 Å². The molecule has 2 aromatic rings. The number of hydrogen-bond donors (Lipinski definition) is 0. The zero-order valence-electron chi connectivity index (χ0n) is 23.3. The minimum Gasteiger partial charge on any atom is -0.447 e. The zero-order chi connectivity index (χ0) is 28.2. The summed E-state index contributed by atoms with van der Waals surface area (Å²) < 4.78 is 17.3. The van der Waals surface area contributed by atoms with Gasteiger partial charge in [0, 0.05) is 0 Å². The van der Waals surface area contributed by atoms with Crippen molar-refractivity contribution >= 4 is 18.1 Å². The number of carbonyl (C=O) groups is 3. The molecular weight excluding hydrogens is 496 g/mol. The number of nitrogens with zero attached hydrogens (tertiary/aromatic N) is 2. The maximum absolute atomic E-state index is 13.3. The summed E-state index contributed by atoms with van der Waals surface area (Å²) in [6.45, 7) is 9.36. The third kappa shape index (κ3) is 7.06. The monoisotopic (exact) mass is 534 g/mol. The van der Waals surface area contributed by atoms with Gasteiger partial charge in [0.25, 0.3) is 5.91 Å². The SMILES string of the molecule is CC(C)(C)OC(=O)N1C(Cc2ccccc2)C(C/C=C/C(=O)N2C(=O)OCC2Cc2ccccc2)OC1(C)C. The third-order valence-electron chi connectivity index (χ3n) is 6.80. The van der Waals surface area contributed by atoms with Gasteiger partial charge in [-0.3, -0.25) is 9.69 Å². The molecule has 39 heavy (non-hydrogen) atoms. The van der Waals surface area contributed by atoms with E-state index in [1.807, 2.05) is 95.3 Å². The van der Waals surface area contributed by atoms with Crippen LogP contribution in [0.25, 0.3) is 0 Å². The Labute approximate surface area is 230 Å². The van der Waals surface area contributed by atoms with Crippen LogP contribution in [0.15, 0.2) is 72.8 Å². The smallest absolute Gasteiger partial charge is 0.417 e. The van der Waals surface area contributed by atoms with Gasteiger partial charge in [-0.15, -0.1) is 0 Å². The van der Waals surface area contributed by atoms with Gasteiger partial charge in [-0.2, -0.15) is 0 Å². The lowest BCUT2D eigenvalue weighted by molar-refractivity contribution is -0.124. The third-order valence-corrected chi connectivity index (χ3v) is 6.80. The molecule has 2 fully saturated rings. The average molecular weight is 535 g/mol. The Bertz CT molecular complexity index is 1190. The van der Waals surface area contributed by atoms with Gasteiger partial charge in [0.15, 0.2) is 0 Å². The minimum atomic E-state index is -0.913. The number of cyclic esters (lactones) is 1. The fourth-order valence-corrected chi connectivity index (χ4v) is 5.17. The molecule has 2 aliphatic rings. The molecule has 2 saturated heterocycles. The summed E-state index contributed by atoms with van der Waals surface area (Å²) in [6.07, 6.45) is 3.10. The van der Waals surface area contributed by atoms with Crippen molar-refractivity contribution < 1.29 is 28.6 Å². The number of carbonyl (C=O) groups excluding carboxylic acids is 3. The van der Waals surface area contributed by atoms with Crippen molar-refractivity contribution in [3.63, 3.8) is 0 Å². The number of hydrogen-bond acceptors (Lipinski definition) is 6. The molecule has 0 saturated carbocycles. The van der Waals surface area contributed by atoms with Gasteiger partial charge < -0.3 is 14.2 Å². The summed E-state index contributed by atoms with van der Waals surface area (Å²) in [5.74, 6) is -0.431. The van der Waals surface area contributed by atoms with Gasteiger partial charge in [0.2, 0.25) is 0 Å². The van der Waals surface area contributed by atoms with E-state index in [9.17, 15) is 14.4 Å². The molecule has 3 atom stereocenters. The summed E-state index contributed by atoms with van der Waals surface area (Å²) in [5, 5.41) is 0. The molecule has 0 N–H and O–H groups in total. The van der Waals surface area contributed by atoms with Crippen molar-refractivity contribution in [3.8, 4) is 0 Å². The highest BCUT2D eigenvalue weighted by molar-refractivity contribution is 5.99. The molecule has 3 unspecified atom stereocenters. The Kier molecular flexibility index (Phi) is 8.45. The van der Waals surface area contributed by atoms with E-state index in [4.69, 9.17) is 14.2 Å². The summed E-state index contributed by atoms with van der Waals surface area (Å²) in [7, 11) is 0. The van der Waals surface area contributed by atoms with Crippen LogP contribution >= 0.6 is 0 Å². The van der Waals surface area contributed by atoms with Crippen molar-refractivity contribution in [2.24, 2.45) is 0 Å². The maximum Gasteiger partial charge on any atom is 0.417 e. The highest BCUT2D eigenvalue weighted by Crippen LogP contribution is 2.37. The summed E-state index contributed by atoms with van der Waals surface area (Å²) >= 11 is 0. The van der Waals surface area contributed by atoms with Crippen LogP contribution in [0, 0.1) is 0 Å². The van der Waals surface area contributed by atoms with Crippen molar-refractivity contribution in [2.45, 2.75) is 83.4 Å². The standard InChI is InChI=1S/C31H38N2O6/c1-30(2,3)39-29(36)33-25(20-23-15-10-7-11-16-23)26(38-31(33,4)5)17-12-18-27(34)32-24(21-37-28(32)35)19-22-13-8-6-9-14-22/h6-16,18,24-26H,17,19-21H2,1-5H3/b18-12+. The van der Waals surface area contributed by atoms with Crippen molar-refractivity contribution in [3.05, 3.63) is 83.9 Å². The highest BCUT2D eigenvalue weighted by Gasteiger charge is 2.50. The Hall–Kier alpha value is -3.65. The predicted octanol–water partition coefficient (Wildman–Crippen LogP) is 5.51. The van der Waals surface area contributed by atoms with Gasteiger partial charge in [-0.1, -0.05) is 66.7 Å². The van der Waals surface area contributed by atoms with Gasteiger partial charge in [-0.05, 0) is 71.1 Å². The zero-order valence-corrected chi connectivity index (χ0v) is 23.3. The van der Waals surface area contributed by atoms with Gasteiger partial charge in [-0.25, -0.2) is 14.5 Å². The Morgan fingerprint density at radius 1 is 1.00 bits per heavy atom. The molecule has 3 amide bonds. The lowest BCUT2D eigenvalue weighted by Gasteiger charge is -2.35. The van der Waals surface area contributed by atoms with Crippen molar-refractivity contribution in [1.82, 2.24) is 9.80 Å². The quantitative estimate of drug-likeness (QED) is 0.436. The Morgan fingerprint density at radius 2 is 1.59 bits per heavy atom. The topological polar surface area (TPSA) is 85.4 Å².